The van der Waals surface area contributed by atoms with E-state index in [0.29, 0.717) is 0 Å². The summed E-state index contributed by atoms with van der Waals surface area (Å²) in [6, 6.07) is 55.8. The third-order valence-electron chi connectivity index (χ3n) is 7.81. The third kappa shape index (κ3) is 8.34. The van der Waals surface area contributed by atoms with Crippen molar-refractivity contribution >= 4 is 0 Å². The van der Waals surface area contributed by atoms with Gasteiger partial charge >= 0.3 is 0 Å². The summed E-state index contributed by atoms with van der Waals surface area (Å²) in [5, 5.41) is 0. The Hall–Kier alpha value is -4.92. The predicted octanol–water partition coefficient (Wildman–Crippen LogP) is 9.86. The Morgan fingerprint density at radius 2 is 0.682 bits per heavy atom. The van der Waals surface area contributed by atoms with Crippen LogP contribution in [0.15, 0.2) is 158 Å². The Balaban J connectivity index is 0.00000108. The molecule has 0 atom stereocenters. The highest BCUT2D eigenvalue weighted by atomic mass is 16.6. The van der Waals surface area contributed by atoms with Crippen LogP contribution in [0.25, 0.3) is 0 Å². The van der Waals surface area contributed by atoms with Gasteiger partial charge in [-0.25, -0.2) is 0 Å². The van der Waals surface area contributed by atoms with Crippen LogP contribution in [0.1, 0.15) is 44.5 Å². The number of rotatable bonds is 10. The lowest BCUT2D eigenvalue weighted by Crippen LogP contribution is -2.04. The van der Waals surface area contributed by atoms with Gasteiger partial charge < -0.3 is 9.47 Å². The Morgan fingerprint density at radius 3 is 1.00 bits per heavy atom. The Kier molecular flexibility index (Phi) is 9.94. The van der Waals surface area contributed by atoms with Crippen molar-refractivity contribution < 1.29 is 9.47 Å². The molecular weight excluding hydrogens is 536 g/mol. The quantitative estimate of drug-likeness (QED) is 0.152. The molecular formula is C42H38O2. The molecule has 0 aliphatic carbocycles. The molecule has 2 nitrogen and oxygen atoms in total. The Bertz CT molecular complexity index is 1600. The molecule has 0 bridgehead atoms. The van der Waals surface area contributed by atoms with E-state index in [9.17, 15) is 0 Å². The molecule has 0 N–H and O–H groups in total. The predicted molar refractivity (Wildman–Crippen MR) is 181 cm³/mol. The van der Waals surface area contributed by atoms with Gasteiger partial charge in [-0.15, -0.1) is 0 Å². The van der Waals surface area contributed by atoms with Crippen molar-refractivity contribution in [3.05, 3.63) is 202 Å². The van der Waals surface area contributed by atoms with Gasteiger partial charge in [-0.2, -0.15) is 0 Å². The van der Waals surface area contributed by atoms with Gasteiger partial charge in [0.2, 0.25) is 0 Å². The second kappa shape index (κ2) is 15.0. The number of ether oxygens (including phenoxy) is 2. The molecule has 1 saturated heterocycles. The average Bonchev–Trinajstić information content (AvgIpc) is 3.96. The van der Waals surface area contributed by atoms with Gasteiger partial charge in [0.05, 0.1) is 13.2 Å². The van der Waals surface area contributed by atoms with Crippen LogP contribution in [0.3, 0.4) is 0 Å². The molecule has 6 aromatic carbocycles. The van der Waals surface area contributed by atoms with Gasteiger partial charge in [-0.3, -0.25) is 0 Å². The van der Waals surface area contributed by atoms with Gasteiger partial charge in [0.15, 0.2) is 0 Å². The minimum atomic E-state index is 0.816. The number of hydrogen-bond acceptors (Lipinski definition) is 2. The lowest BCUT2D eigenvalue weighted by Gasteiger charge is -2.20. The summed E-state index contributed by atoms with van der Waals surface area (Å²) < 4.78 is 11.4. The van der Waals surface area contributed by atoms with Crippen molar-refractivity contribution in [2.24, 2.45) is 0 Å². The first-order valence-corrected chi connectivity index (χ1v) is 15.4. The highest BCUT2D eigenvalue weighted by molar-refractivity contribution is 5.51. The molecule has 0 saturated carbocycles. The molecule has 44 heavy (non-hydrogen) atoms. The first kappa shape index (κ1) is 29.2. The fourth-order valence-corrected chi connectivity index (χ4v) is 5.50. The zero-order chi connectivity index (χ0) is 29.8. The third-order valence-corrected chi connectivity index (χ3v) is 7.81. The first-order valence-electron chi connectivity index (χ1n) is 15.4. The van der Waals surface area contributed by atoms with Crippen LogP contribution >= 0.6 is 0 Å². The standard InChI is InChI=1S/C40H34O.C2H4O/c1-5-15-31(16-6-1)27-35-23-13-25-39(37(35)29-33-19-9-3-10-20-33)41-40-26-14-24-36(28-32-17-7-2-8-18-32)38(40)30-34-21-11-4-12-22-34;1-2-3-1/h1-26H,27-30H2;1-2H2. The minimum Gasteiger partial charge on any atom is -0.457 e. The van der Waals surface area contributed by atoms with Crippen molar-refractivity contribution in [3.8, 4) is 11.5 Å². The normalized spacial score (nSPS) is 11.7. The van der Waals surface area contributed by atoms with Crippen molar-refractivity contribution in [1.82, 2.24) is 0 Å². The smallest absolute Gasteiger partial charge is 0.131 e. The minimum absolute atomic E-state index is 0.816. The topological polar surface area (TPSA) is 21.8 Å². The van der Waals surface area contributed by atoms with E-state index in [-0.39, 0.29) is 0 Å². The monoisotopic (exact) mass is 574 g/mol. The maximum absolute atomic E-state index is 6.94. The number of hydrogen-bond donors (Lipinski definition) is 0. The molecule has 0 radical (unpaired) electrons. The molecule has 218 valence electrons. The second-order valence-electron chi connectivity index (χ2n) is 11.2. The van der Waals surface area contributed by atoms with Crippen molar-refractivity contribution in [2.75, 3.05) is 13.2 Å². The van der Waals surface area contributed by atoms with Crippen LogP contribution in [0.2, 0.25) is 0 Å². The first-order chi connectivity index (χ1) is 21.8. The molecule has 0 amide bonds. The zero-order valence-corrected chi connectivity index (χ0v) is 25.1. The fourth-order valence-electron chi connectivity index (χ4n) is 5.50. The molecule has 7 rings (SSSR count). The van der Waals surface area contributed by atoms with Gasteiger partial charge in [-0.05, 0) is 58.4 Å². The van der Waals surface area contributed by atoms with Crippen molar-refractivity contribution in [2.45, 2.75) is 25.7 Å². The van der Waals surface area contributed by atoms with Crippen LogP contribution in [-0.4, -0.2) is 13.2 Å². The molecule has 0 unspecified atom stereocenters. The lowest BCUT2D eigenvalue weighted by atomic mass is 9.93. The van der Waals surface area contributed by atoms with Crippen molar-refractivity contribution in [3.63, 3.8) is 0 Å². The SMILES string of the molecule is C1CO1.c1ccc(Cc2cccc(Oc3cccc(Cc4ccccc4)c3Cc3ccccc3)c2Cc2ccccc2)cc1. The van der Waals surface area contributed by atoms with Crippen LogP contribution in [0.5, 0.6) is 11.5 Å². The molecule has 0 aromatic heterocycles. The molecule has 1 aliphatic rings. The van der Waals surface area contributed by atoms with Crippen molar-refractivity contribution in [1.29, 1.82) is 0 Å². The van der Waals surface area contributed by atoms with E-state index in [1.165, 1.54) is 44.5 Å². The number of benzene rings is 6. The average molecular weight is 575 g/mol. The highest BCUT2D eigenvalue weighted by Crippen LogP contribution is 2.35. The molecule has 1 heterocycles. The summed E-state index contributed by atoms with van der Waals surface area (Å²) in [4.78, 5) is 0. The van der Waals surface area contributed by atoms with E-state index in [0.717, 1.165) is 50.4 Å². The van der Waals surface area contributed by atoms with Gasteiger partial charge in [0, 0.05) is 24.0 Å². The summed E-state index contributed by atoms with van der Waals surface area (Å²) in [6.07, 6.45) is 3.37. The molecule has 1 aliphatic heterocycles. The summed E-state index contributed by atoms with van der Waals surface area (Å²) in [6.45, 7) is 2.00. The van der Waals surface area contributed by atoms with E-state index < -0.39 is 0 Å². The summed E-state index contributed by atoms with van der Waals surface area (Å²) >= 11 is 0. The molecule has 6 aromatic rings. The van der Waals surface area contributed by atoms with E-state index >= 15 is 0 Å². The molecule has 1 fully saturated rings. The Morgan fingerprint density at radius 1 is 0.364 bits per heavy atom. The fraction of sp³-hybridized carbons (Fsp3) is 0.143. The zero-order valence-electron chi connectivity index (χ0n) is 25.1. The maximum atomic E-state index is 6.94. The summed E-state index contributed by atoms with van der Waals surface area (Å²) in [5.74, 6) is 1.85. The summed E-state index contributed by atoms with van der Waals surface area (Å²) in [7, 11) is 0. The van der Waals surface area contributed by atoms with Gasteiger partial charge in [0.25, 0.3) is 0 Å². The lowest BCUT2D eigenvalue weighted by molar-refractivity contribution is 0.470. The molecule has 2 heteroatoms. The van der Waals surface area contributed by atoms with Gasteiger partial charge in [-0.1, -0.05) is 146 Å². The van der Waals surface area contributed by atoms with E-state index in [1.807, 2.05) is 0 Å². The van der Waals surface area contributed by atoms with E-state index in [4.69, 9.17) is 4.74 Å². The highest BCUT2D eigenvalue weighted by Gasteiger charge is 2.16. The van der Waals surface area contributed by atoms with Gasteiger partial charge in [0.1, 0.15) is 11.5 Å². The maximum Gasteiger partial charge on any atom is 0.131 e. The van der Waals surface area contributed by atoms with Crippen LogP contribution in [0.4, 0.5) is 0 Å². The van der Waals surface area contributed by atoms with E-state index in [2.05, 4.69) is 162 Å². The van der Waals surface area contributed by atoms with E-state index in [1.54, 1.807) is 0 Å². The van der Waals surface area contributed by atoms with Crippen LogP contribution in [-0.2, 0) is 30.4 Å². The second-order valence-corrected chi connectivity index (χ2v) is 11.2. The van der Waals surface area contributed by atoms with Crippen LogP contribution in [0, 0.1) is 0 Å². The largest absolute Gasteiger partial charge is 0.457 e. The molecule has 0 spiro atoms. The summed E-state index contributed by atoms with van der Waals surface area (Å²) in [5.41, 5.74) is 10.2. The number of epoxide rings is 1. The van der Waals surface area contributed by atoms with Crippen LogP contribution < -0.4 is 4.74 Å². The Labute approximate surface area is 261 Å².